The number of benzene rings is 1. The number of rotatable bonds is 4. The standard InChI is InChI=1S/C12H12N4O5/c1-7-11(15-21-16(7)19)12(18)14-13-6-8-3-4-10(20-2)9(17)5-8/h3-6,17H,1-2H3,(H,14,18)/b13-6+. The monoisotopic (exact) mass is 292 g/mol. The van der Waals surface area contributed by atoms with Gasteiger partial charge < -0.3 is 15.1 Å². The van der Waals surface area contributed by atoms with E-state index >= 15 is 0 Å². The minimum Gasteiger partial charge on any atom is -0.504 e. The molecule has 0 bridgehead atoms. The van der Waals surface area contributed by atoms with Crippen molar-refractivity contribution in [2.24, 2.45) is 5.10 Å². The van der Waals surface area contributed by atoms with E-state index in [1.807, 2.05) is 0 Å². The molecule has 1 amide bonds. The van der Waals surface area contributed by atoms with Crippen LogP contribution in [0.3, 0.4) is 0 Å². The summed E-state index contributed by atoms with van der Waals surface area (Å²) < 4.78 is 9.17. The maximum Gasteiger partial charge on any atom is 0.322 e. The summed E-state index contributed by atoms with van der Waals surface area (Å²) in [6, 6.07) is 4.61. The number of aromatic nitrogens is 2. The number of phenolic OH excluding ortho intramolecular Hbond substituents is 1. The van der Waals surface area contributed by atoms with Crippen LogP contribution >= 0.6 is 0 Å². The number of aromatic hydroxyl groups is 1. The van der Waals surface area contributed by atoms with E-state index in [4.69, 9.17) is 4.74 Å². The molecule has 0 fully saturated rings. The van der Waals surface area contributed by atoms with E-state index in [-0.39, 0.29) is 22.0 Å². The van der Waals surface area contributed by atoms with E-state index in [9.17, 15) is 15.1 Å². The largest absolute Gasteiger partial charge is 0.504 e. The number of hydrazone groups is 1. The number of nitrogens with one attached hydrogen (secondary N) is 1. The zero-order valence-electron chi connectivity index (χ0n) is 11.2. The van der Waals surface area contributed by atoms with Gasteiger partial charge in [0.1, 0.15) is 0 Å². The molecule has 21 heavy (non-hydrogen) atoms. The van der Waals surface area contributed by atoms with Crippen LogP contribution in [0.5, 0.6) is 11.5 Å². The quantitative estimate of drug-likeness (QED) is 0.467. The number of amides is 1. The van der Waals surface area contributed by atoms with Crippen molar-refractivity contribution in [3.05, 3.63) is 40.4 Å². The number of nitrogens with zero attached hydrogens (tertiary/aromatic N) is 3. The zero-order chi connectivity index (χ0) is 15.4. The minimum atomic E-state index is -0.681. The fraction of sp³-hybridized carbons (Fsp3) is 0.167. The molecule has 0 aliphatic heterocycles. The number of hydrogen-bond acceptors (Lipinski definition) is 7. The lowest BCUT2D eigenvalue weighted by molar-refractivity contribution is -0.806. The molecule has 0 atom stereocenters. The average molecular weight is 292 g/mol. The number of ether oxygens (including phenoxy) is 1. The zero-order valence-corrected chi connectivity index (χ0v) is 11.2. The first-order valence-corrected chi connectivity index (χ1v) is 5.79. The van der Waals surface area contributed by atoms with Crippen molar-refractivity contribution in [2.75, 3.05) is 7.11 Å². The molecule has 2 N–H and O–H groups in total. The fourth-order valence-electron chi connectivity index (χ4n) is 1.50. The van der Waals surface area contributed by atoms with Crippen molar-refractivity contribution in [2.45, 2.75) is 6.92 Å². The van der Waals surface area contributed by atoms with Gasteiger partial charge in [0.2, 0.25) is 5.69 Å². The van der Waals surface area contributed by atoms with Gasteiger partial charge in [0.05, 0.1) is 18.5 Å². The van der Waals surface area contributed by atoms with Crippen molar-refractivity contribution in [3.63, 3.8) is 0 Å². The summed E-state index contributed by atoms with van der Waals surface area (Å²) in [6.07, 6.45) is 1.32. The SMILES string of the molecule is COc1ccc(/C=N/NC(=O)c2no[n+]([O-])c2C)cc1O. The third-order valence-corrected chi connectivity index (χ3v) is 2.62. The van der Waals surface area contributed by atoms with Crippen LogP contribution in [0.25, 0.3) is 0 Å². The van der Waals surface area contributed by atoms with Crippen LogP contribution in [0.15, 0.2) is 27.9 Å². The number of hydrogen-bond donors (Lipinski definition) is 2. The second-order valence-corrected chi connectivity index (χ2v) is 3.99. The Bertz CT molecular complexity index is 695. The summed E-state index contributed by atoms with van der Waals surface area (Å²) in [5, 5.41) is 27.6. The number of carbonyl (C=O) groups is 1. The lowest BCUT2D eigenvalue weighted by Crippen LogP contribution is -2.28. The molecule has 0 radical (unpaired) electrons. The number of phenols is 1. The van der Waals surface area contributed by atoms with E-state index < -0.39 is 5.91 Å². The van der Waals surface area contributed by atoms with E-state index in [2.05, 4.69) is 20.3 Å². The molecule has 0 unspecified atom stereocenters. The van der Waals surface area contributed by atoms with Crippen molar-refractivity contribution in [1.29, 1.82) is 0 Å². The van der Waals surface area contributed by atoms with Crippen LogP contribution in [-0.4, -0.2) is 29.5 Å². The molecule has 2 rings (SSSR count). The van der Waals surface area contributed by atoms with Crippen molar-refractivity contribution in [1.82, 2.24) is 10.6 Å². The Morgan fingerprint density at radius 3 is 2.95 bits per heavy atom. The van der Waals surface area contributed by atoms with E-state index in [0.29, 0.717) is 11.3 Å². The van der Waals surface area contributed by atoms with E-state index in [1.54, 1.807) is 12.1 Å². The molecule has 1 aromatic carbocycles. The van der Waals surface area contributed by atoms with Gasteiger partial charge in [-0.3, -0.25) is 9.42 Å². The smallest absolute Gasteiger partial charge is 0.322 e. The van der Waals surface area contributed by atoms with Crippen LogP contribution in [0.2, 0.25) is 0 Å². The second-order valence-electron chi connectivity index (χ2n) is 3.99. The first kappa shape index (κ1) is 14.3. The van der Waals surface area contributed by atoms with Gasteiger partial charge in [0.15, 0.2) is 11.5 Å². The van der Waals surface area contributed by atoms with Crippen molar-refractivity contribution < 1.29 is 24.2 Å². The van der Waals surface area contributed by atoms with Crippen LogP contribution in [0, 0.1) is 12.1 Å². The predicted octanol–water partition coefficient (Wildman–Crippen LogP) is 0.0945. The Balaban J connectivity index is 2.04. The topological polar surface area (TPSA) is 124 Å². The van der Waals surface area contributed by atoms with Gasteiger partial charge in [-0.05, 0) is 28.7 Å². The Labute approximate surface area is 119 Å². The fourth-order valence-corrected chi connectivity index (χ4v) is 1.50. The highest BCUT2D eigenvalue weighted by molar-refractivity contribution is 5.93. The van der Waals surface area contributed by atoms with E-state index in [0.717, 1.165) is 0 Å². The molecule has 0 aliphatic rings. The molecular weight excluding hydrogens is 280 g/mol. The summed E-state index contributed by atoms with van der Waals surface area (Å²) in [4.78, 5) is 11.8. The maximum atomic E-state index is 11.7. The van der Waals surface area contributed by atoms with Crippen molar-refractivity contribution in [3.8, 4) is 11.5 Å². The molecule has 1 heterocycles. The Morgan fingerprint density at radius 2 is 2.38 bits per heavy atom. The summed E-state index contributed by atoms with van der Waals surface area (Å²) in [7, 11) is 1.44. The molecule has 1 aromatic heterocycles. The highest BCUT2D eigenvalue weighted by Gasteiger charge is 2.22. The molecule has 2 aromatic rings. The van der Waals surface area contributed by atoms with Gasteiger partial charge in [-0.2, -0.15) is 5.10 Å². The summed E-state index contributed by atoms with van der Waals surface area (Å²) >= 11 is 0. The predicted molar refractivity (Wildman–Crippen MR) is 69.9 cm³/mol. The number of methoxy groups -OCH3 is 1. The molecule has 0 aliphatic carbocycles. The molecule has 0 saturated carbocycles. The van der Waals surface area contributed by atoms with Gasteiger partial charge in [-0.1, -0.05) is 0 Å². The van der Waals surface area contributed by atoms with Gasteiger partial charge in [-0.15, -0.1) is 0 Å². The summed E-state index contributed by atoms with van der Waals surface area (Å²) in [5.41, 5.74) is 2.62. The third-order valence-electron chi connectivity index (χ3n) is 2.62. The van der Waals surface area contributed by atoms with Crippen LogP contribution in [-0.2, 0) is 0 Å². The first-order valence-electron chi connectivity index (χ1n) is 5.79. The van der Waals surface area contributed by atoms with Gasteiger partial charge in [0, 0.05) is 6.92 Å². The third kappa shape index (κ3) is 3.08. The molecule has 0 saturated heterocycles. The summed E-state index contributed by atoms with van der Waals surface area (Å²) in [6.45, 7) is 1.39. The summed E-state index contributed by atoms with van der Waals surface area (Å²) in [5.74, 6) is -0.401. The minimum absolute atomic E-state index is 0.0322. The van der Waals surface area contributed by atoms with Crippen LogP contribution in [0.4, 0.5) is 0 Å². The Morgan fingerprint density at radius 1 is 1.62 bits per heavy atom. The Kier molecular flexibility index (Phi) is 4.02. The average Bonchev–Trinajstić information content (AvgIpc) is 2.79. The van der Waals surface area contributed by atoms with Crippen LogP contribution in [0.1, 0.15) is 21.7 Å². The first-order chi connectivity index (χ1) is 10.0. The Hall–Kier alpha value is -3.10. The van der Waals surface area contributed by atoms with Crippen molar-refractivity contribution >= 4 is 12.1 Å². The molecule has 9 nitrogen and oxygen atoms in total. The van der Waals surface area contributed by atoms with Gasteiger partial charge >= 0.3 is 11.6 Å². The number of carbonyl (C=O) groups excluding carboxylic acids is 1. The van der Waals surface area contributed by atoms with Crippen LogP contribution < -0.4 is 15.1 Å². The molecule has 9 heteroatoms. The van der Waals surface area contributed by atoms with Gasteiger partial charge in [-0.25, -0.2) is 5.43 Å². The van der Waals surface area contributed by atoms with Gasteiger partial charge in [0.25, 0.3) is 0 Å². The molecular formula is C12H12N4O5. The highest BCUT2D eigenvalue weighted by atomic mass is 16.8. The van der Waals surface area contributed by atoms with E-state index in [1.165, 1.54) is 26.3 Å². The maximum absolute atomic E-state index is 11.7. The second kappa shape index (κ2) is 5.90. The normalized spacial score (nSPS) is 10.8. The molecule has 0 spiro atoms. The molecule has 110 valence electrons. The lowest BCUT2D eigenvalue weighted by Gasteiger charge is -2.02. The lowest BCUT2D eigenvalue weighted by atomic mass is 10.2. The highest BCUT2D eigenvalue weighted by Crippen LogP contribution is 2.25.